The third-order valence-corrected chi connectivity index (χ3v) is 6.56. The number of aryl methyl sites for hydroxylation is 3. The van der Waals surface area contributed by atoms with E-state index in [0.717, 1.165) is 11.1 Å². The third-order valence-electron chi connectivity index (χ3n) is 4.79. The van der Waals surface area contributed by atoms with Crippen molar-refractivity contribution in [2.24, 2.45) is 0 Å². The molecule has 0 unspecified atom stereocenters. The van der Waals surface area contributed by atoms with E-state index in [2.05, 4.69) is 10.0 Å². The van der Waals surface area contributed by atoms with Crippen LogP contribution in [0.25, 0.3) is 0 Å². The number of benzene rings is 2. The van der Waals surface area contributed by atoms with Crippen molar-refractivity contribution < 1.29 is 17.6 Å². The molecule has 0 saturated heterocycles. The molecule has 0 spiro atoms. The van der Waals surface area contributed by atoms with Crippen LogP contribution in [0.15, 0.2) is 70.2 Å². The minimum atomic E-state index is -3.91. The SMILES string of the molecule is Cc1cc(C)c(S(=O)(=O)N[C@@H](Cc2ccccc2)C(=O)NCc2ccco2)c(C)c1. The van der Waals surface area contributed by atoms with Gasteiger partial charge in [-0.1, -0.05) is 48.0 Å². The zero-order chi connectivity index (χ0) is 21.7. The maximum absolute atomic E-state index is 13.2. The third kappa shape index (κ3) is 5.37. The number of rotatable bonds is 8. The van der Waals surface area contributed by atoms with Gasteiger partial charge >= 0.3 is 0 Å². The van der Waals surface area contributed by atoms with Gasteiger partial charge in [-0.05, 0) is 56.0 Å². The fourth-order valence-electron chi connectivity index (χ4n) is 3.59. The van der Waals surface area contributed by atoms with Crippen molar-refractivity contribution in [3.8, 4) is 0 Å². The topological polar surface area (TPSA) is 88.4 Å². The summed E-state index contributed by atoms with van der Waals surface area (Å²) in [7, 11) is -3.91. The Labute approximate surface area is 177 Å². The van der Waals surface area contributed by atoms with E-state index in [0.29, 0.717) is 16.9 Å². The highest BCUT2D eigenvalue weighted by Crippen LogP contribution is 2.22. The van der Waals surface area contributed by atoms with Crippen LogP contribution >= 0.6 is 0 Å². The maximum atomic E-state index is 13.2. The summed E-state index contributed by atoms with van der Waals surface area (Å²) in [5.41, 5.74) is 3.14. The van der Waals surface area contributed by atoms with E-state index in [9.17, 15) is 13.2 Å². The van der Waals surface area contributed by atoms with Crippen LogP contribution in [0.4, 0.5) is 0 Å². The molecule has 1 amide bonds. The van der Waals surface area contributed by atoms with Crippen LogP contribution in [0, 0.1) is 20.8 Å². The van der Waals surface area contributed by atoms with Crippen molar-refractivity contribution in [2.75, 3.05) is 0 Å². The lowest BCUT2D eigenvalue weighted by atomic mass is 10.1. The summed E-state index contributed by atoms with van der Waals surface area (Å²) in [6.07, 6.45) is 1.75. The Morgan fingerprint density at radius 2 is 1.67 bits per heavy atom. The van der Waals surface area contributed by atoms with E-state index < -0.39 is 22.0 Å². The summed E-state index contributed by atoms with van der Waals surface area (Å²) in [4.78, 5) is 13.1. The number of amides is 1. The Balaban J connectivity index is 1.86. The molecule has 2 N–H and O–H groups in total. The van der Waals surface area contributed by atoms with E-state index in [-0.39, 0.29) is 17.9 Å². The van der Waals surface area contributed by atoms with E-state index in [1.807, 2.05) is 49.4 Å². The van der Waals surface area contributed by atoms with Gasteiger partial charge in [-0.25, -0.2) is 8.42 Å². The van der Waals surface area contributed by atoms with Gasteiger partial charge < -0.3 is 9.73 Å². The highest BCUT2D eigenvalue weighted by atomic mass is 32.2. The first kappa shape index (κ1) is 21.8. The van der Waals surface area contributed by atoms with Crippen molar-refractivity contribution >= 4 is 15.9 Å². The first-order valence-electron chi connectivity index (χ1n) is 9.70. The number of nitrogens with one attached hydrogen (secondary N) is 2. The largest absolute Gasteiger partial charge is 0.467 e. The average molecular weight is 427 g/mol. The second kappa shape index (κ2) is 9.28. The minimum absolute atomic E-state index is 0.182. The summed E-state index contributed by atoms with van der Waals surface area (Å²) in [6, 6.07) is 15.5. The Bertz CT molecular complexity index is 1080. The molecule has 3 rings (SSSR count). The molecule has 7 heteroatoms. The molecule has 0 aliphatic carbocycles. The zero-order valence-corrected chi connectivity index (χ0v) is 18.1. The molecule has 1 aromatic heterocycles. The molecule has 0 bridgehead atoms. The van der Waals surface area contributed by atoms with Crippen molar-refractivity contribution in [2.45, 2.75) is 44.7 Å². The molecule has 6 nitrogen and oxygen atoms in total. The number of sulfonamides is 1. The van der Waals surface area contributed by atoms with Gasteiger partial charge in [0.05, 0.1) is 17.7 Å². The minimum Gasteiger partial charge on any atom is -0.467 e. The molecule has 0 aliphatic heterocycles. The Morgan fingerprint density at radius 1 is 1.00 bits per heavy atom. The predicted octanol–water partition coefficient (Wildman–Crippen LogP) is 3.41. The Kier molecular flexibility index (Phi) is 6.74. The van der Waals surface area contributed by atoms with E-state index in [1.165, 1.54) is 6.26 Å². The predicted molar refractivity (Wildman–Crippen MR) is 115 cm³/mol. The number of hydrogen-bond donors (Lipinski definition) is 2. The van der Waals surface area contributed by atoms with Crippen LogP contribution in [0.3, 0.4) is 0 Å². The highest BCUT2D eigenvalue weighted by Gasteiger charge is 2.28. The van der Waals surface area contributed by atoms with Crippen molar-refractivity contribution in [3.05, 3.63) is 88.9 Å². The lowest BCUT2D eigenvalue weighted by molar-refractivity contribution is -0.122. The van der Waals surface area contributed by atoms with E-state index in [1.54, 1.807) is 26.0 Å². The first-order valence-corrected chi connectivity index (χ1v) is 11.2. The fourth-order valence-corrected chi connectivity index (χ4v) is 5.23. The fraction of sp³-hybridized carbons (Fsp3) is 0.261. The monoisotopic (exact) mass is 426 g/mol. The molecular weight excluding hydrogens is 400 g/mol. The van der Waals surface area contributed by atoms with Gasteiger partial charge in [0.2, 0.25) is 15.9 Å². The lowest BCUT2D eigenvalue weighted by Crippen LogP contribution is -2.48. The van der Waals surface area contributed by atoms with Crippen LogP contribution in [-0.4, -0.2) is 20.4 Å². The molecule has 30 heavy (non-hydrogen) atoms. The van der Waals surface area contributed by atoms with Gasteiger partial charge in [0.15, 0.2) is 0 Å². The molecule has 1 atom stereocenters. The van der Waals surface area contributed by atoms with Crippen LogP contribution in [0.2, 0.25) is 0 Å². The Morgan fingerprint density at radius 3 is 2.27 bits per heavy atom. The molecule has 0 radical (unpaired) electrons. The van der Waals surface area contributed by atoms with Crippen molar-refractivity contribution in [3.63, 3.8) is 0 Å². The summed E-state index contributed by atoms with van der Waals surface area (Å²) >= 11 is 0. The molecule has 0 saturated carbocycles. The van der Waals surface area contributed by atoms with Crippen LogP contribution in [-0.2, 0) is 27.8 Å². The van der Waals surface area contributed by atoms with Crippen LogP contribution < -0.4 is 10.0 Å². The van der Waals surface area contributed by atoms with Crippen molar-refractivity contribution in [1.82, 2.24) is 10.0 Å². The van der Waals surface area contributed by atoms with Gasteiger partial charge in [-0.3, -0.25) is 4.79 Å². The number of furan rings is 1. The smallest absolute Gasteiger partial charge is 0.241 e. The number of hydrogen-bond acceptors (Lipinski definition) is 4. The van der Waals surface area contributed by atoms with Gasteiger partial charge in [-0.2, -0.15) is 4.72 Å². The summed E-state index contributed by atoms with van der Waals surface area (Å²) in [5, 5.41) is 2.76. The normalized spacial score (nSPS) is 12.5. The summed E-state index contributed by atoms with van der Waals surface area (Å²) in [5.74, 6) is 0.177. The standard InChI is InChI=1S/C23H26N2O4S/c1-16-12-17(2)22(18(3)13-16)30(27,28)25-21(14-19-8-5-4-6-9-19)23(26)24-15-20-10-7-11-29-20/h4-13,21,25H,14-15H2,1-3H3,(H,24,26)/t21-/m0/s1. The first-order chi connectivity index (χ1) is 14.3. The average Bonchev–Trinajstić information content (AvgIpc) is 3.18. The molecule has 158 valence electrons. The molecule has 2 aromatic carbocycles. The quantitative estimate of drug-likeness (QED) is 0.578. The van der Waals surface area contributed by atoms with Gasteiger partial charge in [0.1, 0.15) is 11.8 Å². The Hall–Kier alpha value is -2.90. The van der Waals surface area contributed by atoms with Gasteiger partial charge in [-0.15, -0.1) is 0 Å². The molecule has 0 aliphatic rings. The summed E-state index contributed by atoms with van der Waals surface area (Å²) < 4.78 is 34.3. The van der Waals surface area contributed by atoms with Crippen LogP contribution in [0.1, 0.15) is 28.0 Å². The number of carbonyl (C=O) groups is 1. The van der Waals surface area contributed by atoms with E-state index in [4.69, 9.17) is 4.42 Å². The second-order valence-corrected chi connectivity index (χ2v) is 9.04. The number of carbonyl (C=O) groups excluding carboxylic acids is 1. The van der Waals surface area contributed by atoms with Crippen molar-refractivity contribution in [1.29, 1.82) is 0 Å². The van der Waals surface area contributed by atoms with E-state index >= 15 is 0 Å². The molecule has 3 aromatic rings. The second-order valence-electron chi connectivity index (χ2n) is 7.39. The van der Waals surface area contributed by atoms with Gasteiger partial charge in [0.25, 0.3) is 0 Å². The molecular formula is C23H26N2O4S. The maximum Gasteiger partial charge on any atom is 0.241 e. The lowest BCUT2D eigenvalue weighted by Gasteiger charge is -2.20. The van der Waals surface area contributed by atoms with Crippen LogP contribution in [0.5, 0.6) is 0 Å². The molecule has 1 heterocycles. The molecule has 0 fully saturated rings. The highest BCUT2D eigenvalue weighted by molar-refractivity contribution is 7.89. The zero-order valence-electron chi connectivity index (χ0n) is 17.3. The van der Waals surface area contributed by atoms with Gasteiger partial charge in [0, 0.05) is 0 Å². The summed E-state index contributed by atoms with van der Waals surface area (Å²) in [6.45, 7) is 5.63.